The van der Waals surface area contributed by atoms with Gasteiger partial charge in [-0.1, -0.05) is 0 Å². The van der Waals surface area contributed by atoms with Gasteiger partial charge in [0, 0.05) is 45.7 Å². The van der Waals surface area contributed by atoms with Gasteiger partial charge in [-0.2, -0.15) is 0 Å². The Labute approximate surface area is 144 Å². The minimum absolute atomic E-state index is 0.847. The van der Waals surface area contributed by atoms with Gasteiger partial charge in [-0.3, -0.25) is 9.89 Å². The lowest BCUT2D eigenvalue weighted by molar-refractivity contribution is 0.0394. The molecule has 134 valence electrons. The van der Waals surface area contributed by atoms with Crippen molar-refractivity contribution in [2.45, 2.75) is 25.7 Å². The lowest BCUT2D eigenvalue weighted by atomic mass is 10.1. The first kappa shape index (κ1) is 17.3. The van der Waals surface area contributed by atoms with Gasteiger partial charge in [0.2, 0.25) is 0 Å². The molecule has 2 fully saturated rings. The summed E-state index contributed by atoms with van der Waals surface area (Å²) < 4.78 is 10.8. The fourth-order valence-electron chi connectivity index (χ4n) is 3.25. The second kappa shape index (κ2) is 9.69. The van der Waals surface area contributed by atoms with E-state index in [2.05, 4.69) is 15.1 Å². The van der Waals surface area contributed by atoms with Crippen molar-refractivity contribution in [1.82, 2.24) is 15.1 Å². The van der Waals surface area contributed by atoms with E-state index in [9.17, 15) is 0 Å². The minimum atomic E-state index is 0.847. The topological polar surface area (TPSA) is 53.2 Å². The Bertz CT molecular complexity index is 477. The number of hydrogen-bond acceptors (Lipinski definition) is 4. The number of nitrogens with zero attached hydrogens (tertiary/aromatic N) is 3. The van der Waals surface area contributed by atoms with Crippen molar-refractivity contribution in [2.24, 2.45) is 4.99 Å². The summed E-state index contributed by atoms with van der Waals surface area (Å²) in [5, 5.41) is 3.54. The molecular weight excluding hydrogens is 304 g/mol. The molecule has 3 heterocycles. The number of piperidine rings is 1. The Morgan fingerprint density at radius 3 is 2.71 bits per heavy atom. The Morgan fingerprint density at radius 1 is 1.12 bits per heavy atom. The van der Waals surface area contributed by atoms with Crippen molar-refractivity contribution in [3.05, 3.63) is 24.2 Å². The smallest absolute Gasteiger partial charge is 0.193 e. The second-order valence-electron chi connectivity index (χ2n) is 6.46. The number of furan rings is 1. The summed E-state index contributed by atoms with van der Waals surface area (Å²) in [6.45, 7) is 8.71. The average molecular weight is 334 g/mol. The summed E-state index contributed by atoms with van der Waals surface area (Å²) in [5.41, 5.74) is 0. The largest absolute Gasteiger partial charge is 0.469 e. The van der Waals surface area contributed by atoms with E-state index >= 15 is 0 Å². The maximum atomic E-state index is 5.41. The molecule has 0 atom stereocenters. The Kier molecular flexibility index (Phi) is 6.98. The third kappa shape index (κ3) is 5.53. The standard InChI is InChI=1S/C18H30N4O2/c1-2-9-22(10-3-1)18(19-7-6-17-5-4-14-24-17)20-8-11-21-12-15-23-16-13-21/h4-5,14H,1-3,6-13,15-16H2,(H,19,20). The van der Waals surface area contributed by atoms with Gasteiger partial charge in [0.15, 0.2) is 5.96 Å². The predicted molar refractivity (Wildman–Crippen MR) is 95.4 cm³/mol. The molecular formula is C18H30N4O2. The van der Waals surface area contributed by atoms with Crippen molar-refractivity contribution in [1.29, 1.82) is 0 Å². The van der Waals surface area contributed by atoms with Crippen LogP contribution in [0.1, 0.15) is 25.0 Å². The molecule has 2 aliphatic heterocycles. The van der Waals surface area contributed by atoms with Crippen molar-refractivity contribution >= 4 is 5.96 Å². The van der Waals surface area contributed by atoms with Crippen LogP contribution in [0.15, 0.2) is 27.8 Å². The van der Waals surface area contributed by atoms with Crippen LogP contribution >= 0.6 is 0 Å². The van der Waals surface area contributed by atoms with Crippen LogP contribution in [0, 0.1) is 0 Å². The molecule has 0 bridgehead atoms. The fourth-order valence-corrected chi connectivity index (χ4v) is 3.25. The number of morpholine rings is 1. The van der Waals surface area contributed by atoms with E-state index < -0.39 is 0 Å². The van der Waals surface area contributed by atoms with Crippen LogP contribution in [0.2, 0.25) is 0 Å². The van der Waals surface area contributed by atoms with E-state index in [0.29, 0.717) is 0 Å². The molecule has 0 amide bonds. The molecule has 6 nitrogen and oxygen atoms in total. The van der Waals surface area contributed by atoms with Gasteiger partial charge in [0.05, 0.1) is 26.0 Å². The summed E-state index contributed by atoms with van der Waals surface area (Å²) in [5.74, 6) is 2.09. The van der Waals surface area contributed by atoms with Crippen LogP contribution < -0.4 is 5.32 Å². The zero-order valence-electron chi connectivity index (χ0n) is 14.6. The third-order valence-electron chi connectivity index (χ3n) is 4.67. The fraction of sp³-hybridized carbons (Fsp3) is 0.722. The lowest BCUT2D eigenvalue weighted by Crippen LogP contribution is -2.45. The summed E-state index contributed by atoms with van der Waals surface area (Å²) in [6, 6.07) is 3.97. The molecule has 1 N–H and O–H groups in total. The first-order valence-corrected chi connectivity index (χ1v) is 9.27. The van der Waals surface area contributed by atoms with Gasteiger partial charge in [-0.05, 0) is 31.4 Å². The maximum Gasteiger partial charge on any atom is 0.193 e. The highest BCUT2D eigenvalue weighted by Gasteiger charge is 2.15. The second-order valence-corrected chi connectivity index (χ2v) is 6.46. The molecule has 0 radical (unpaired) electrons. The molecule has 0 aromatic carbocycles. The molecule has 2 saturated heterocycles. The Hall–Kier alpha value is -1.53. The molecule has 2 aliphatic rings. The first-order chi connectivity index (χ1) is 11.9. The SMILES string of the molecule is c1coc(CCNC(=NCCN2CCOCC2)N2CCCCC2)c1. The molecule has 0 saturated carbocycles. The first-order valence-electron chi connectivity index (χ1n) is 9.27. The highest BCUT2D eigenvalue weighted by atomic mass is 16.5. The number of likely N-dealkylation sites (tertiary alicyclic amines) is 1. The molecule has 0 unspecified atom stereocenters. The summed E-state index contributed by atoms with van der Waals surface area (Å²) >= 11 is 0. The van der Waals surface area contributed by atoms with Crippen LogP contribution in [-0.4, -0.2) is 74.8 Å². The number of hydrogen-bond donors (Lipinski definition) is 1. The van der Waals surface area contributed by atoms with Crippen LogP contribution in [0.4, 0.5) is 0 Å². The van der Waals surface area contributed by atoms with E-state index in [4.69, 9.17) is 14.1 Å². The van der Waals surface area contributed by atoms with E-state index in [0.717, 1.165) is 77.2 Å². The normalized spacial score (nSPS) is 20.3. The van der Waals surface area contributed by atoms with Crippen molar-refractivity contribution < 1.29 is 9.15 Å². The number of rotatable bonds is 6. The van der Waals surface area contributed by atoms with E-state index in [-0.39, 0.29) is 0 Å². The molecule has 3 rings (SSSR count). The average Bonchev–Trinajstić information content (AvgIpc) is 3.15. The zero-order valence-corrected chi connectivity index (χ0v) is 14.6. The summed E-state index contributed by atoms with van der Waals surface area (Å²) in [7, 11) is 0. The molecule has 24 heavy (non-hydrogen) atoms. The number of aliphatic imine (C=N–C) groups is 1. The predicted octanol–water partition coefficient (Wildman–Crippen LogP) is 1.59. The van der Waals surface area contributed by atoms with E-state index in [1.165, 1.54) is 19.3 Å². The molecule has 0 spiro atoms. The number of ether oxygens (including phenoxy) is 1. The van der Waals surface area contributed by atoms with Gasteiger partial charge in [0.25, 0.3) is 0 Å². The van der Waals surface area contributed by atoms with Crippen molar-refractivity contribution in [2.75, 3.05) is 59.0 Å². The van der Waals surface area contributed by atoms with Gasteiger partial charge in [0.1, 0.15) is 5.76 Å². The van der Waals surface area contributed by atoms with Crippen molar-refractivity contribution in [3.8, 4) is 0 Å². The monoisotopic (exact) mass is 334 g/mol. The molecule has 0 aliphatic carbocycles. The van der Waals surface area contributed by atoms with Crippen LogP contribution in [0.3, 0.4) is 0 Å². The summed E-state index contributed by atoms with van der Waals surface area (Å²) in [4.78, 5) is 9.72. The van der Waals surface area contributed by atoms with Gasteiger partial charge < -0.3 is 19.4 Å². The van der Waals surface area contributed by atoms with Crippen LogP contribution in [0.5, 0.6) is 0 Å². The number of guanidine groups is 1. The van der Waals surface area contributed by atoms with Crippen LogP contribution in [0.25, 0.3) is 0 Å². The maximum absolute atomic E-state index is 5.41. The van der Waals surface area contributed by atoms with Crippen molar-refractivity contribution in [3.63, 3.8) is 0 Å². The minimum Gasteiger partial charge on any atom is -0.469 e. The van der Waals surface area contributed by atoms with E-state index in [1.807, 2.05) is 12.1 Å². The molecule has 1 aromatic rings. The Morgan fingerprint density at radius 2 is 1.96 bits per heavy atom. The highest BCUT2D eigenvalue weighted by Crippen LogP contribution is 2.09. The quantitative estimate of drug-likeness (QED) is 0.632. The molecule has 6 heteroatoms. The summed E-state index contributed by atoms with van der Waals surface area (Å²) in [6.07, 6.45) is 6.50. The van der Waals surface area contributed by atoms with Gasteiger partial charge in [-0.15, -0.1) is 0 Å². The third-order valence-corrected chi connectivity index (χ3v) is 4.67. The van der Waals surface area contributed by atoms with Gasteiger partial charge >= 0.3 is 0 Å². The van der Waals surface area contributed by atoms with Crippen LogP contribution in [-0.2, 0) is 11.2 Å². The number of nitrogens with one attached hydrogen (secondary N) is 1. The zero-order chi connectivity index (χ0) is 16.5. The highest BCUT2D eigenvalue weighted by molar-refractivity contribution is 5.80. The molecule has 1 aromatic heterocycles. The Balaban J connectivity index is 1.48. The van der Waals surface area contributed by atoms with E-state index in [1.54, 1.807) is 6.26 Å². The lowest BCUT2D eigenvalue weighted by Gasteiger charge is -2.31. The van der Waals surface area contributed by atoms with Gasteiger partial charge in [-0.25, -0.2) is 0 Å².